The molecule has 5 nitrogen and oxygen atoms in total. The van der Waals surface area contributed by atoms with E-state index < -0.39 is 23.5 Å². The summed E-state index contributed by atoms with van der Waals surface area (Å²) in [4.78, 5) is 25.5. The predicted octanol–water partition coefficient (Wildman–Crippen LogP) is 4.81. The zero-order valence-electron chi connectivity index (χ0n) is 17.1. The van der Waals surface area contributed by atoms with Crippen LogP contribution in [0, 0.1) is 18.6 Å². The van der Waals surface area contributed by atoms with Crippen LogP contribution < -0.4 is 4.74 Å². The molecule has 158 valence electrons. The van der Waals surface area contributed by atoms with Gasteiger partial charge in [0.1, 0.15) is 5.82 Å². The lowest BCUT2D eigenvalue weighted by Gasteiger charge is -2.08. The average molecular weight is 415 g/mol. The van der Waals surface area contributed by atoms with Gasteiger partial charge in [0.05, 0.1) is 25.7 Å². The molecule has 0 amide bonds. The minimum atomic E-state index is -0.632. The topological polar surface area (TPSA) is 57.5 Å². The fraction of sp³-hybridized carbons (Fsp3) is 0.304. The summed E-state index contributed by atoms with van der Waals surface area (Å²) in [6, 6.07) is 7.77. The van der Waals surface area contributed by atoms with Crippen molar-refractivity contribution >= 4 is 22.8 Å². The number of ether oxygens (including phenoxy) is 2. The summed E-state index contributed by atoms with van der Waals surface area (Å²) in [6.45, 7) is 3.99. The Kier molecular flexibility index (Phi) is 6.50. The molecule has 0 aliphatic rings. The summed E-state index contributed by atoms with van der Waals surface area (Å²) >= 11 is 0. The molecule has 7 heteroatoms. The van der Waals surface area contributed by atoms with Crippen LogP contribution in [-0.2, 0) is 16.0 Å². The van der Waals surface area contributed by atoms with E-state index in [2.05, 4.69) is 0 Å². The van der Waals surface area contributed by atoms with E-state index in [0.717, 1.165) is 12.8 Å². The van der Waals surface area contributed by atoms with E-state index in [4.69, 9.17) is 9.47 Å². The number of hydrogen-bond donors (Lipinski definition) is 0. The number of nitrogens with zero attached hydrogens (tertiary/aromatic N) is 1. The number of rotatable bonds is 7. The van der Waals surface area contributed by atoms with Crippen LogP contribution in [0.15, 0.2) is 36.4 Å². The van der Waals surface area contributed by atoms with Crippen LogP contribution in [0.2, 0.25) is 0 Å². The number of carbonyl (C=O) groups excluding carboxylic acids is 2. The minimum absolute atomic E-state index is 0.00878. The molecule has 0 aliphatic carbocycles. The summed E-state index contributed by atoms with van der Waals surface area (Å²) in [6.07, 6.45) is 1.59. The smallest absolute Gasteiger partial charge is 0.310 e. The van der Waals surface area contributed by atoms with Crippen LogP contribution in [0.4, 0.5) is 8.78 Å². The van der Waals surface area contributed by atoms with Gasteiger partial charge in [-0.05, 0) is 49.2 Å². The van der Waals surface area contributed by atoms with Crippen molar-refractivity contribution < 1.29 is 27.8 Å². The van der Waals surface area contributed by atoms with E-state index in [1.54, 1.807) is 6.92 Å². The molecule has 3 rings (SSSR count). The van der Waals surface area contributed by atoms with Gasteiger partial charge in [0.2, 0.25) is 0 Å². The first-order valence-corrected chi connectivity index (χ1v) is 9.70. The van der Waals surface area contributed by atoms with Crippen molar-refractivity contribution in [3.8, 4) is 5.75 Å². The first-order valence-electron chi connectivity index (χ1n) is 9.70. The fourth-order valence-electron chi connectivity index (χ4n) is 3.37. The number of carbonyl (C=O) groups is 2. The number of hydrogen-bond acceptors (Lipinski definition) is 4. The number of halogens is 2. The maximum Gasteiger partial charge on any atom is 0.310 e. The van der Waals surface area contributed by atoms with E-state index >= 15 is 0 Å². The van der Waals surface area contributed by atoms with Crippen LogP contribution in [0.1, 0.15) is 41.4 Å². The van der Waals surface area contributed by atoms with E-state index in [-0.39, 0.29) is 17.7 Å². The van der Waals surface area contributed by atoms with Crippen LogP contribution in [-0.4, -0.2) is 30.2 Å². The molecule has 0 radical (unpaired) electrons. The molecule has 0 bridgehead atoms. The summed E-state index contributed by atoms with van der Waals surface area (Å²) < 4.78 is 39.4. The Morgan fingerprint density at radius 1 is 1.10 bits per heavy atom. The van der Waals surface area contributed by atoms with Crippen LogP contribution >= 0.6 is 0 Å². The van der Waals surface area contributed by atoms with E-state index in [0.29, 0.717) is 28.8 Å². The highest BCUT2D eigenvalue weighted by atomic mass is 19.1. The molecule has 0 unspecified atom stereocenters. The van der Waals surface area contributed by atoms with Crippen LogP contribution in [0.25, 0.3) is 10.9 Å². The molecule has 1 heterocycles. The fourth-order valence-corrected chi connectivity index (χ4v) is 3.37. The molecule has 1 aromatic heterocycles. The van der Waals surface area contributed by atoms with Gasteiger partial charge < -0.3 is 9.47 Å². The van der Waals surface area contributed by atoms with Crippen molar-refractivity contribution in [1.29, 1.82) is 0 Å². The highest BCUT2D eigenvalue weighted by Crippen LogP contribution is 2.32. The second-order valence-electron chi connectivity index (χ2n) is 6.97. The third kappa shape index (κ3) is 4.20. The van der Waals surface area contributed by atoms with Gasteiger partial charge in [0.25, 0.3) is 5.91 Å². The predicted molar refractivity (Wildman–Crippen MR) is 109 cm³/mol. The van der Waals surface area contributed by atoms with E-state index in [9.17, 15) is 18.4 Å². The Balaban J connectivity index is 2.11. The van der Waals surface area contributed by atoms with Crippen molar-refractivity contribution in [2.75, 3.05) is 13.7 Å². The highest BCUT2D eigenvalue weighted by Gasteiger charge is 2.24. The second-order valence-corrected chi connectivity index (χ2v) is 6.97. The van der Waals surface area contributed by atoms with Crippen LogP contribution in [0.5, 0.6) is 5.75 Å². The van der Waals surface area contributed by atoms with Gasteiger partial charge in [-0.25, -0.2) is 8.78 Å². The maximum atomic E-state index is 14.4. The Morgan fingerprint density at radius 2 is 1.80 bits per heavy atom. The van der Waals surface area contributed by atoms with Gasteiger partial charge in [0, 0.05) is 22.7 Å². The van der Waals surface area contributed by atoms with Crippen molar-refractivity contribution in [2.24, 2.45) is 0 Å². The highest BCUT2D eigenvalue weighted by molar-refractivity contribution is 6.05. The third-order valence-electron chi connectivity index (χ3n) is 4.98. The quantitative estimate of drug-likeness (QED) is 0.410. The number of fused-ring (bicyclic) bond motifs is 1. The summed E-state index contributed by atoms with van der Waals surface area (Å²) in [5, 5.41) is 0.522. The molecule has 30 heavy (non-hydrogen) atoms. The van der Waals surface area contributed by atoms with E-state index in [1.165, 1.54) is 48.1 Å². The summed E-state index contributed by atoms with van der Waals surface area (Å²) in [5.41, 5.74) is 1.58. The maximum absolute atomic E-state index is 14.4. The molecule has 0 saturated carbocycles. The van der Waals surface area contributed by atoms with Crippen molar-refractivity contribution in [2.45, 2.75) is 33.1 Å². The first kappa shape index (κ1) is 21.5. The van der Waals surface area contributed by atoms with Gasteiger partial charge in [0.15, 0.2) is 11.6 Å². The molecule has 0 fully saturated rings. The molecule has 0 spiro atoms. The second kappa shape index (κ2) is 9.07. The minimum Gasteiger partial charge on any atom is -0.494 e. The Hall–Kier alpha value is -3.22. The van der Waals surface area contributed by atoms with Gasteiger partial charge >= 0.3 is 5.97 Å². The number of esters is 1. The Morgan fingerprint density at radius 3 is 2.43 bits per heavy atom. The number of aromatic nitrogens is 1. The van der Waals surface area contributed by atoms with Crippen molar-refractivity contribution in [3.63, 3.8) is 0 Å². The standard InChI is InChI=1S/C23H23F2NO4/c1-4-5-10-30-22(27)12-17-14(2)26(23(28)15-6-8-16(24)9-7-15)20-13-19(25)21(29-3)11-18(17)20/h6-9,11,13H,4-5,10,12H2,1-3H3. The van der Waals surface area contributed by atoms with Crippen LogP contribution in [0.3, 0.4) is 0 Å². The lowest BCUT2D eigenvalue weighted by molar-refractivity contribution is -0.142. The van der Waals surface area contributed by atoms with Gasteiger partial charge in [-0.2, -0.15) is 0 Å². The Bertz CT molecular complexity index is 1090. The van der Waals surface area contributed by atoms with E-state index in [1.807, 2.05) is 6.92 Å². The molecule has 0 saturated heterocycles. The lowest BCUT2D eigenvalue weighted by Crippen LogP contribution is -2.15. The number of unbranched alkanes of at least 4 members (excludes halogenated alkanes) is 1. The molecule has 3 aromatic rings. The van der Waals surface area contributed by atoms with Crippen molar-refractivity contribution in [3.05, 3.63) is 64.9 Å². The molecule has 0 aliphatic heterocycles. The number of benzene rings is 2. The average Bonchev–Trinajstić information content (AvgIpc) is 2.98. The molecular formula is C23H23F2NO4. The zero-order valence-corrected chi connectivity index (χ0v) is 17.1. The Labute approximate surface area is 173 Å². The SMILES string of the molecule is CCCCOC(=O)Cc1c(C)n(C(=O)c2ccc(F)cc2)c2cc(F)c(OC)cc12. The first-order chi connectivity index (χ1) is 14.4. The van der Waals surface area contributed by atoms with Crippen molar-refractivity contribution in [1.82, 2.24) is 4.57 Å². The molecule has 2 aromatic carbocycles. The van der Waals surface area contributed by atoms with Gasteiger partial charge in [-0.3, -0.25) is 14.2 Å². The van der Waals surface area contributed by atoms with Gasteiger partial charge in [-0.1, -0.05) is 13.3 Å². The monoisotopic (exact) mass is 415 g/mol. The molecule has 0 N–H and O–H groups in total. The molecular weight excluding hydrogens is 392 g/mol. The summed E-state index contributed by atoms with van der Waals surface area (Å²) in [7, 11) is 1.34. The molecule has 0 atom stereocenters. The summed E-state index contributed by atoms with van der Waals surface area (Å²) in [5.74, 6) is -1.97. The normalized spacial score (nSPS) is 11.0. The largest absolute Gasteiger partial charge is 0.494 e. The van der Waals surface area contributed by atoms with Gasteiger partial charge in [-0.15, -0.1) is 0 Å². The zero-order chi connectivity index (χ0) is 21.8. The lowest BCUT2D eigenvalue weighted by atomic mass is 10.1. The number of methoxy groups -OCH3 is 1. The third-order valence-corrected chi connectivity index (χ3v) is 4.98.